The summed E-state index contributed by atoms with van der Waals surface area (Å²) in [5.74, 6) is -0.793. The fourth-order valence-electron chi connectivity index (χ4n) is 1.41. The molecule has 0 aliphatic heterocycles. The van der Waals surface area contributed by atoms with E-state index in [1.165, 1.54) is 35.8 Å². The quantitative estimate of drug-likeness (QED) is 0.859. The maximum absolute atomic E-state index is 12.3. The molecule has 104 valence electrons. The average molecular weight is 323 g/mol. The second-order valence-electron chi connectivity index (χ2n) is 4.36. The van der Waals surface area contributed by atoms with Gasteiger partial charge in [0.05, 0.1) is 0 Å². The molecule has 19 heavy (non-hydrogen) atoms. The summed E-state index contributed by atoms with van der Waals surface area (Å²) in [4.78, 5) is 15.6. The summed E-state index contributed by atoms with van der Waals surface area (Å²) in [6.45, 7) is 2.74. The lowest BCUT2D eigenvalue weighted by molar-refractivity contribution is -0.122. The van der Waals surface area contributed by atoms with Crippen LogP contribution < -0.4 is 10.5 Å². The number of nitrogens with one attached hydrogen (secondary N) is 1. The lowest BCUT2D eigenvalue weighted by Gasteiger charge is -2.21. The van der Waals surface area contributed by atoms with Gasteiger partial charge in [-0.3, -0.25) is 9.20 Å². The van der Waals surface area contributed by atoms with E-state index in [0.29, 0.717) is 4.96 Å². The van der Waals surface area contributed by atoms with Crippen molar-refractivity contribution >= 4 is 43.8 Å². The number of carbonyl (C=O) groups is 1. The molecule has 0 atom stereocenters. The molecule has 0 radical (unpaired) electrons. The SMILES string of the molecule is CC(C)(NS(=O)(=O)c1c(Cl)nc2sccn12)C(N)=O. The topological polar surface area (TPSA) is 107 Å². The summed E-state index contributed by atoms with van der Waals surface area (Å²) in [6.07, 6.45) is 1.53. The Morgan fingerprint density at radius 3 is 2.79 bits per heavy atom. The molecule has 0 spiro atoms. The molecule has 0 aliphatic rings. The van der Waals surface area contributed by atoms with E-state index in [9.17, 15) is 13.2 Å². The number of halogens is 1. The number of carbonyl (C=O) groups excluding carboxylic acids is 1. The average Bonchev–Trinajstić information content (AvgIpc) is 2.73. The van der Waals surface area contributed by atoms with Gasteiger partial charge in [0, 0.05) is 11.6 Å². The van der Waals surface area contributed by atoms with Crippen LogP contribution in [0.15, 0.2) is 16.6 Å². The number of nitrogens with two attached hydrogens (primary N) is 1. The largest absolute Gasteiger partial charge is 0.368 e. The molecule has 2 rings (SSSR count). The summed E-state index contributed by atoms with van der Waals surface area (Å²) >= 11 is 7.09. The third kappa shape index (κ3) is 2.46. The van der Waals surface area contributed by atoms with Gasteiger partial charge in [-0.05, 0) is 13.8 Å². The van der Waals surface area contributed by atoms with Gasteiger partial charge in [-0.1, -0.05) is 11.6 Å². The molecular weight excluding hydrogens is 312 g/mol. The number of amides is 1. The summed E-state index contributed by atoms with van der Waals surface area (Å²) < 4.78 is 28.1. The highest BCUT2D eigenvalue weighted by Crippen LogP contribution is 2.26. The van der Waals surface area contributed by atoms with Gasteiger partial charge in [0.15, 0.2) is 15.1 Å². The van der Waals surface area contributed by atoms with E-state index in [2.05, 4.69) is 9.71 Å². The lowest BCUT2D eigenvalue weighted by Crippen LogP contribution is -2.53. The number of nitrogens with zero attached hydrogens (tertiary/aromatic N) is 2. The van der Waals surface area contributed by atoms with E-state index in [1.807, 2.05) is 0 Å². The summed E-state index contributed by atoms with van der Waals surface area (Å²) in [6, 6.07) is 0. The molecule has 2 aromatic rings. The van der Waals surface area contributed by atoms with Crippen molar-refractivity contribution in [2.24, 2.45) is 5.73 Å². The molecule has 0 saturated heterocycles. The van der Waals surface area contributed by atoms with Crippen molar-refractivity contribution in [1.29, 1.82) is 0 Å². The highest BCUT2D eigenvalue weighted by Gasteiger charge is 2.34. The number of fused-ring (bicyclic) bond motifs is 1. The molecular formula is C9H11ClN4O3S2. The smallest absolute Gasteiger partial charge is 0.260 e. The second kappa shape index (κ2) is 4.44. The molecule has 0 aliphatic carbocycles. The number of hydrogen-bond donors (Lipinski definition) is 2. The van der Waals surface area contributed by atoms with Crippen molar-refractivity contribution in [2.75, 3.05) is 0 Å². The van der Waals surface area contributed by atoms with Gasteiger partial charge in [0.25, 0.3) is 10.0 Å². The number of thiazole rings is 1. The Balaban J connectivity index is 2.54. The Morgan fingerprint density at radius 2 is 2.21 bits per heavy atom. The number of hydrogen-bond acceptors (Lipinski definition) is 5. The lowest BCUT2D eigenvalue weighted by atomic mass is 10.1. The molecule has 0 aromatic carbocycles. The van der Waals surface area contributed by atoms with Crippen molar-refractivity contribution in [3.05, 3.63) is 16.7 Å². The highest BCUT2D eigenvalue weighted by atomic mass is 35.5. The minimum atomic E-state index is -4.02. The minimum absolute atomic E-state index is 0.153. The van der Waals surface area contributed by atoms with E-state index < -0.39 is 21.5 Å². The highest BCUT2D eigenvalue weighted by molar-refractivity contribution is 7.89. The van der Waals surface area contributed by atoms with Crippen molar-refractivity contribution in [2.45, 2.75) is 24.4 Å². The first kappa shape index (κ1) is 14.3. The van der Waals surface area contributed by atoms with E-state index in [0.717, 1.165) is 0 Å². The zero-order valence-corrected chi connectivity index (χ0v) is 12.4. The van der Waals surface area contributed by atoms with Crippen LogP contribution in [-0.2, 0) is 14.8 Å². The van der Waals surface area contributed by atoms with E-state index in [-0.39, 0.29) is 10.2 Å². The first-order valence-electron chi connectivity index (χ1n) is 5.10. The summed E-state index contributed by atoms with van der Waals surface area (Å²) in [7, 11) is -4.02. The second-order valence-corrected chi connectivity index (χ2v) is 7.19. The van der Waals surface area contributed by atoms with Gasteiger partial charge >= 0.3 is 0 Å². The molecule has 0 bridgehead atoms. The molecule has 0 unspecified atom stereocenters. The Hall–Kier alpha value is -1.16. The molecule has 0 saturated carbocycles. The van der Waals surface area contributed by atoms with Crippen molar-refractivity contribution in [3.8, 4) is 0 Å². The first-order chi connectivity index (χ1) is 8.65. The predicted octanol–water partition coefficient (Wildman–Crippen LogP) is 0.591. The van der Waals surface area contributed by atoms with Crippen LogP contribution in [-0.4, -0.2) is 29.2 Å². The fraction of sp³-hybridized carbons (Fsp3) is 0.333. The van der Waals surface area contributed by atoms with Crippen LogP contribution in [0.2, 0.25) is 5.15 Å². The van der Waals surface area contributed by atoms with E-state index >= 15 is 0 Å². The molecule has 10 heteroatoms. The van der Waals surface area contributed by atoms with Gasteiger partial charge in [-0.15, -0.1) is 11.3 Å². The Kier molecular flexibility index (Phi) is 3.33. The number of aromatic nitrogens is 2. The van der Waals surface area contributed by atoms with Crippen molar-refractivity contribution in [3.63, 3.8) is 0 Å². The van der Waals surface area contributed by atoms with Crippen LogP contribution in [0.1, 0.15) is 13.8 Å². The van der Waals surface area contributed by atoms with Gasteiger partial charge in [-0.2, -0.15) is 4.72 Å². The van der Waals surface area contributed by atoms with Crippen molar-refractivity contribution in [1.82, 2.24) is 14.1 Å². The van der Waals surface area contributed by atoms with Crippen LogP contribution in [0.3, 0.4) is 0 Å². The molecule has 2 aromatic heterocycles. The number of imidazole rings is 1. The molecule has 2 heterocycles. The van der Waals surface area contributed by atoms with Crippen molar-refractivity contribution < 1.29 is 13.2 Å². The van der Waals surface area contributed by atoms with Gasteiger partial charge in [-0.25, -0.2) is 13.4 Å². The number of primary amides is 1. The van der Waals surface area contributed by atoms with Crippen LogP contribution >= 0.6 is 22.9 Å². The minimum Gasteiger partial charge on any atom is -0.368 e. The Morgan fingerprint density at radius 1 is 1.58 bits per heavy atom. The van der Waals surface area contributed by atoms with Crippen LogP contribution in [0.4, 0.5) is 0 Å². The monoisotopic (exact) mass is 322 g/mol. The fourth-order valence-corrected chi connectivity index (χ4v) is 4.25. The van der Waals surface area contributed by atoms with Crippen LogP contribution in [0, 0.1) is 0 Å². The third-order valence-electron chi connectivity index (χ3n) is 2.44. The third-order valence-corrected chi connectivity index (χ3v) is 5.25. The molecule has 1 amide bonds. The zero-order chi connectivity index (χ0) is 14.4. The number of rotatable bonds is 4. The van der Waals surface area contributed by atoms with Gasteiger partial charge < -0.3 is 5.73 Å². The Bertz CT molecular complexity index is 747. The van der Waals surface area contributed by atoms with Crippen LogP contribution in [0.25, 0.3) is 4.96 Å². The predicted molar refractivity (Wildman–Crippen MR) is 71.7 cm³/mol. The standard InChI is InChI=1S/C9H11ClN4O3S2/c1-9(2,7(11)15)13-19(16,17)6-5(10)12-8-14(6)3-4-18-8/h3-4,13H,1-2H3,(H2,11,15). The summed E-state index contributed by atoms with van der Waals surface area (Å²) in [5.41, 5.74) is 3.71. The normalized spacial score (nSPS) is 13.0. The zero-order valence-electron chi connectivity index (χ0n) is 10.0. The first-order valence-corrected chi connectivity index (χ1v) is 7.84. The Labute approximate surface area is 118 Å². The van der Waals surface area contributed by atoms with Gasteiger partial charge in [0.1, 0.15) is 5.54 Å². The maximum atomic E-state index is 12.3. The maximum Gasteiger partial charge on any atom is 0.260 e. The van der Waals surface area contributed by atoms with Crippen LogP contribution in [0.5, 0.6) is 0 Å². The van der Waals surface area contributed by atoms with E-state index in [4.69, 9.17) is 17.3 Å². The molecule has 0 fully saturated rings. The van der Waals surface area contributed by atoms with E-state index in [1.54, 1.807) is 5.38 Å². The molecule has 3 N–H and O–H groups in total. The number of sulfonamides is 1. The summed E-state index contributed by atoms with van der Waals surface area (Å²) in [5, 5.41) is 1.32. The van der Waals surface area contributed by atoms with Gasteiger partial charge in [0.2, 0.25) is 5.91 Å². The molecule has 7 nitrogen and oxygen atoms in total.